The van der Waals surface area contributed by atoms with Gasteiger partial charge in [-0.1, -0.05) is 31.1 Å². The van der Waals surface area contributed by atoms with Crippen molar-refractivity contribution >= 4 is 9.84 Å². The highest BCUT2D eigenvalue weighted by atomic mass is 32.2. The van der Waals surface area contributed by atoms with Crippen LogP contribution < -0.4 is 4.74 Å². The monoisotopic (exact) mass is 469 g/mol. The Morgan fingerprint density at radius 2 is 1.52 bits per heavy atom. The second-order valence-electron chi connectivity index (χ2n) is 7.76. The van der Waals surface area contributed by atoms with Crippen molar-refractivity contribution in [3.63, 3.8) is 0 Å². The summed E-state index contributed by atoms with van der Waals surface area (Å²) in [6.07, 6.45) is 2.63. The fourth-order valence-electron chi connectivity index (χ4n) is 2.96. The lowest BCUT2D eigenvalue weighted by atomic mass is 10.2. The Balaban J connectivity index is 1.47. The number of ether oxygens (including phenoxy) is 1. The Morgan fingerprint density at radius 3 is 2.06 bits per heavy atom. The molecule has 3 aromatic heterocycles. The summed E-state index contributed by atoms with van der Waals surface area (Å²) in [5, 5.41) is 7.97. The number of rotatable bonds is 8. The zero-order valence-corrected chi connectivity index (χ0v) is 19.4. The van der Waals surface area contributed by atoms with E-state index >= 15 is 0 Å². The third-order valence-corrected chi connectivity index (χ3v) is 5.79. The van der Waals surface area contributed by atoms with Gasteiger partial charge in [-0.15, -0.1) is 0 Å². The van der Waals surface area contributed by atoms with Crippen LogP contribution in [0.15, 0.2) is 56.7 Å². The van der Waals surface area contributed by atoms with Crippen LogP contribution in [0.2, 0.25) is 0 Å². The predicted molar refractivity (Wildman–Crippen MR) is 118 cm³/mol. The molecule has 4 rings (SSSR count). The van der Waals surface area contributed by atoms with Crippen molar-refractivity contribution < 1.29 is 22.2 Å². The summed E-state index contributed by atoms with van der Waals surface area (Å²) < 4.78 is 39.8. The summed E-state index contributed by atoms with van der Waals surface area (Å²) in [5.41, 5.74) is 1.36. The van der Waals surface area contributed by atoms with Crippen LogP contribution in [-0.4, -0.2) is 39.9 Å². The standard InChI is InChI=1S/C22H23N5O5S/c1-5-17(22-25-20(27-32-22)15-8-11-18(23-12-15)33(4,28)29)30-16-9-6-14(7-10-16)19-24-21(13(2)3)31-26-19/h6-13,17H,5H2,1-4H3. The quantitative estimate of drug-likeness (QED) is 0.369. The van der Waals surface area contributed by atoms with Crippen molar-refractivity contribution in [3.8, 4) is 28.5 Å². The number of pyridine rings is 1. The van der Waals surface area contributed by atoms with Crippen molar-refractivity contribution in [2.24, 2.45) is 0 Å². The lowest BCUT2D eigenvalue weighted by molar-refractivity contribution is 0.154. The van der Waals surface area contributed by atoms with Crippen LogP contribution in [0.5, 0.6) is 5.75 Å². The highest BCUT2D eigenvalue weighted by Crippen LogP contribution is 2.28. The van der Waals surface area contributed by atoms with E-state index in [1.165, 1.54) is 12.3 Å². The van der Waals surface area contributed by atoms with Gasteiger partial charge in [0, 0.05) is 29.5 Å². The van der Waals surface area contributed by atoms with Crippen molar-refractivity contribution in [2.75, 3.05) is 6.26 Å². The second kappa shape index (κ2) is 9.10. The second-order valence-corrected chi connectivity index (χ2v) is 9.73. The van der Waals surface area contributed by atoms with E-state index in [4.69, 9.17) is 13.8 Å². The van der Waals surface area contributed by atoms with Crippen molar-refractivity contribution in [3.05, 3.63) is 54.4 Å². The lowest BCUT2D eigenvalue weighted by Crippen LogP contribution is -2.07. The van der Waals surface area contributed by atoms with Crippen LogP contribution in [0.1, 0.15) is 51.0 Å². The van der Waals surface area contributed by atoms with Crippen molar-refractivity contribution in [2.45, 2.75) is 44.2 Å². The van der Waals surface area contributed by atoms with Crippen LogP contribution in [0, 0.1) is 0 Å². The summed E-state index contributed by atoms with van der Waals surface area (Å²) in [7, 11) is -3.38. The number of benzene rings is 1. The Kier molecular flexibility index (Phi) is 6.23. The minimum atomic E-state index is -3.38. The molecule has 0 saturated heterocycles. The molecule has 0 amide bonds. The molecule has 0 fully saturated rings. The fraction of sp³-hybridized carbons (Fsp3) is 0.318. The van der Waals surface area contributed by atoms with E-state index in [1.54, 1.807) is 6.07 Å². The molecule has 0 spiro atoms. The topological polar surface area (TPSA) is 134 Å². The number of hydrogen-bond acceptors (Lipinski definition) is 10. The third-order valence-electron chi connectivity index (χ3n) is 4.79. The van der Waals surface area contributed by atoms with E-state index in [0.29, 0.717) is 41.2 Å². The third kappa shape index (κ3) is 5.08. The van der Waals surface area contributed by atoms with Gasteiger partial charge in [0.15, 0.2) is 21.0 Å². The molecule has 0 N–H and O–H groups in total. The minimum Gasteiger partial charge on any atom is -0.481 e. The zero-order chi connectivity index (χ0) is 23.6. The van der Waals surface area contributed by atoms with Crippen LogP contribution in [0.25, 0.3) is 22.8 Å². The smallest absolute Gasteiger partial charge is 0.268 e. The van der Waals surface area contributed by atoms with Gasteiger partial charge >= 0.3 is 0 Å². The Bertz CT molecular complexity index is 1330. The van der Waals surface area contributed by atoms with Gasteiger partial charge in [-0.2, -0.15) is 9.97 Å². The number of hydrogen-bond donors (Lipinski definition) is 0. The van der Waals surface area contributed by atoms with Gasteiger partial charge in [0.2, 0.25) is 17.5 Å². The number of nitrogens with zero attached hydrogens (tertiary/aromatic N) is 5. The number of sulfone groups is 1. The molecule has 33 heavy (non-hydrogen) atoms. The highest BCUT2D eigenvalue weighted by Gasteiger charge is 2.21. The Morgan fingerprint density at radius 1 is 0.909 bits per heavy atom. The maximum atomic E-state index is 11.6. The van der Waals surface area contributed by atoms with Gasteiger partial charge in [-0.05, 0) is 42.8 Å². The molecule has 0 aliphatic rings. The molecule has 3 heterocycles. The van der Waals surface area contributed by atoms with Gasteiger partial charge in [0.25, 0.3) is 5.89 Å². The molecule has 0 aliphatic carbocycles. The zero-order valence-electron chi connectivity index (χ0n) is 18.6. The first-order chi connectivity index (χ1) is 15.7. The Labute approximate surface area is 190 Å². The molecule has 0 aliphatic heterocycles. The van der Waals surface area contributed by atoms with E-state index in [-0.39, 0.29) is 10.9 Å². The lowest BCUT2D eigenvalue weighted by Gasteiger charge is -2.13. The fourth-order valence-corrected chi connectivity index (χ4v) is 3.52. The van der Waals surface area contributed by atoms with Gasteiger partial charge in [0.05, 0.1) is 0 Å². The largest absolute Gasteiger partial charge is 0.481 e. The van der Waals surface area contributed by atoms with Gasteiger partial charge in [-0.3, -0.25) is 0 Å². The molecule has 172 valence electrons. The molecule has 0 saturated carbocycles. The minimum absolute atomic E-state index is 0.0190. The van der Waals surface area contributed by atoms with Crippen LogP contribution in [0.4, 0.5) is 0 Å². The maximum Gasteiger partial charge on any atom is 0.268 e. The average Bonchev–Trinajstić information content (AvgIpc) is 3.48. The maximum absolute atomic E-state index is 11.6. The highest BCUT2D eigenvalue weighted by molar-refractivity contribution is 7.90. The molecule has 11 heteroatoms. The molecule has 1 aromatic carbocycles. The van der Waals surface area contributed by atoms with E-state index in [2.05, 4.69) is 25.3 Å². The van der Waals surface area contributed by atoms with E-state index in [0.717, 1.165) is 11.8 Å². The SMILES string of the molecule is CCC(Oc1ccc(-c2noc(C(C)C)n2)cc1)c1nc(-c2ccc(S(C)(=O)=O)nc2)no1. The van der Waals surface area contributed by atoms with E-state index in [9.17, 15) is 8.42 Å². The Hall–Kier alpha value is -3.60. The normalized spacial score (nSPS) is 12.8. The molecule has 4 aromatic rings. The van der Waals surface area contributed by atoms with Crippen LogP contribution >= 0.6 is 0 Å². The molecular weight excluding hydrogens is 446 g/mol. The van der Waals surface area contributed by atoms with Crippen LogP contribution in [0.3, 0.4) is 0 Å². The van der Waals surface area contributed by atoms with E-state index in [1.807, 2.05) is 45.0 Å². The van der Waals surface area contributed by atoms with Crippen LogP contribution in [-0.2, 0) is 9.84 Å². The molecule has 0 radical (unpaired) electrons. The summed E-state index contributed by atoms with van der Waals surface area (Å²) in [6, 6.07) is 10.3. The van der Waals surface area contributed by atoms with Gasteiger partial charge in [-0.25, -0.2) is 13.4 Å². The molecule has 10 nitrogen and oxygen atoms in total. The van der Waals surface area contributed by atoms with Gasteiger partial charge < -0.3 is 13.8 Å². The first kappa shape index (κ1) is 22.6. The van der Waals surface area contributed by atoms with E-state index < -0.39 is 15.9 Å². The molecular formula is C22H23N5O5S. The predicted octanol–water partition coefficient (Wildman–Crippen LogP) is 4.24. The number of aromatic nitrogens is 5. The van der Waals surface area contributed by atoms with Crippen molar-refractivity contribution in [1.29, 1.82) is 0 Å². The molecule has 0 bridgehead atoms. The molecule has 1 unspecified atom stereocenters. The van der Waals surface area contributed by atoms with Crippen molar-refractivity contribution in [1.82, 2.24) is 25.3 Å². The van der Waals surface area contributed by atoms with Gasteiger partial charge in [0.1, 0.15) is 5.75 Å². The molecule has 1 atom stereocenters. The summed E-state index contributed by atoms with van der Waals surface area (Å²) in [4.78, 5) is 12.7. The average molecular weight is 470 g/mol. The summed E-state index contributed by atoms with van der Waals surface area (Å²) in [6.45, 7) is 5.92. The first-order valence-corrected chi connectivity index (χ1v) is 12.2. The summed E-state index contributed by atoms with van der Waals surface area (Å²) in [5.74, 6) is 2.50. The summed E-state index contributed by atoms with van der Waals surface area (Å²) >= 11 is 0. The first-order valence-electron chi connectivity index (χ1n) is 10.4.